The van der Waals surface area contributed by atoms with E-state index in [0.717, 1.165) is 19.3 Å². The van der Waals surface area contributed by atoms with Gasteiger partial charge < -0.3 is 5.11 Å². The van der Waals surface area contributed by atoms with Gasteiger partial charge in [-0.1, -0.05) is 38.0 Å². The Balaban J connectivity index is 3.06. The predicted octanol–water partition coefficient (Wildman–Crippen LogP) is 3.39. The van der Waals surface area contributed by atoms with Gasteiger partial charge in [0.1, 0.15) is 0 Å². The van der Waals surface area contributed by atoms with E-state index in [-0.39, 0.29) is 5.75 Å². The van der Waals surface area contributed by atoms with Gasteiger partial charge in [0, 0.05) is 6.54 Å². The molecule has 0 saturated carbocycles. The summed E-state index contributed by atoms with van der Waals surface area (Å²) in [6.07, 6.45) is 4.11. The van der Waals surface area contributed by atoms with Crippen LogP contribution in [-0.2, 0) is 14.8 Å². The average molecular weight is 339 g/mol. The number of unbranched alkanes of at least 4 members (excludes halogenated alkanes) is 2. The molecule has 0 radical (unpaired) electrons. The molecule has 0 amide bonds. The van der Waals surface area contributed by atoms with E-state index < -0.39 is 21.9 Å². The van der Waals surface area contributed by atoms with Gasteiger partial charge >= 0.3 is 5.97 Å². The summed E-state index contributed by atoms with van der Waals surface area (Å²) in [4.78, 5) is 11.0. The summed E-state index contributed by atoms with van der Waals surface area (Å²) in [7, 11) is -3.46. The molecule has 128 valence electrons. The molecule has 6 heteroatoms. The molecule has 5 nitrogen and oxygen atoms in total. The number of nitrogens with zero attached hydrogens (tertiary/aromatic N) is 1. The highest BCUT2D eigenvalue weighted by molar-refractivity contribution is 7.92. The first kappa shape index (κ1) is 19.2. The topological polar surface area (TPSA) is 74.7 Å². The van der Waals surface area contributed by atoms with Crippen LogP contribution in [0.3, 0.4) is 0 Å². The van der Waals surface area contributed by atoms with Crippen LogP contribution < -0.4 is 4.31 Å². The van der Waals surface area contributed by atoms with E-state index in [1.807, 2.05) is 0 Å². The Morgan fingerprint density at radius 1 is 1.30 bits per heavy atom. The zero-order valence-electron chi connectivity index (χ0n) is 13.7. The van der Waals surface area contributed by atoms with Gasteiger partial charge in [-0.15, -0.1) is 6.58 Å². The number of benzene rings is 1. The van der Waals surface area contributed by atoms with Crippen molar-refractivity contribution in [3.8, 4) is 0 Å². The lowest BCUT2D eigenvalue weighted by Crippen LogP contribution is -2.33. The summed E-state index contributed by atoms with van der Waals surface area (Å²) >= 11 is 0. The Morgan fingerprint density at radius 3 is 2.39 bits per heavy atom. The summed E-state index contributed by atoms with van der Waals surface area (Å²) in [5.74, 6) is -1.65. The van der Waals surface area contributed by atoms with Gasteiger partial charge in [-0.2, -0.15) is 0 Å². The lowest BCUT2D eigenvalue weighted by atomic mass is 10.0. The number of carboxylic acids is 1. The van der Waals surface area contributed by atoms with Gasteiger partial charge in [-0.3, -0.25) is 9.10 Å². The second kappa shape index (κ2) is 8.72. The summed E-state index contributed by atoms with van der Waals surface area (Å²) in [5.41, 5.74) is 1.21. The minimum atomic E-state index is -3.46. The van der Waals surface area contributed by atoms with E-state index >= 15 is 0 Å². The van der Waals surface area contributed by atoms with Crippen molar-refractivity contribution < 1.29 is 18.3 Å². The number of carbonyl (C=O) groups is 1. The van der Waals surface area contributed by atoms with Crippen molar-refractivity contribution >= 4 is 21.7 Å². The number of sulfonamides is 1. The number of anilines is 1. The van der Waals surface area contributed by atoms with Crippen LogP contribution in [0.15, 0.2) is 36.9 Å². The number of rotatable bonds is 10. The van der Waals surface area contributed by atoms with Gasteiger partial charge in [0.15, 0.2) is 0 Å². The molecule has 0 aliphatic carbocycles. The SMILES string of the molecule is C=CCS(=O)(=O)N(CCCCC)c1ccc(C(C)C(=O)O)cc1. The van der Waals surface area contributed by atoms with Crippen LogP contribution in [0.2, 0.25) is 0 Å². The first-order chi connectivity index (χ1) is 10.8. The monoisotopic (exact) mass is 339 g/mol. The van der Waals surface area contributed by atoms with Crippen LogP contribution >= 0.6 is 0 Å². The highest BCUT2D eigenvalue weighted by Crippen LogP contribution is 2.23. The molecular formula is C17H25NO4S. The summed E-state index contributed by atoms with van der Waals surface area (Å²) < 4.78 is 26.2. The second-order valence-corrected chi connectivity index (χ2v) is 7.44. The normalized spacial score (nSPS) is 12.6. The van der Waals surface area contributed by atoms with Crippen molar-refractivity contribution in [1.29, 1.82) is 0 Å². The molecule has 1 atom stereocenters. The Labute approximate surface area is 138 Å². The zero-order valence-corrected chi connectivity index (χ0v) is 14.6. The Hall–Kier alpha value is -1.82. The molecule has 0 aromatic heterocycles. The standard InChI is InChI=1S/C17H25NO4S/c1-4-6-7-12-18(23(21,22)13-5-2)16-10-8-15(9-11-16)14(3)17(19)20/h5,8-11,14H,2,4,6-7,12-13H2,1,3H3,(H,19,20). The molecule has 1 aromatic rings. The Bertz CT molecular complexity index is 622. The maximum absolute atomic E-state index is 12.4. The number of hydrogen-bond donors (Lipinski definition) is 1. The third-order valence-corrected chi connectivity index (χ3v) is 5.40. The minimum absolute atomic E-state index is 0.119. The Kier molecular flexibility index (Phi) is 7.29. The number of hydrogen-bond acceptors (Lipinski definition) is 3. The molecule has 1 unspecified atom stereocenters. The van der Waals surface area contributed by atoms with Gasteiger partial charge in [0.25, 0.3) is 0 Å². The number of aliphatic carboxylic acids is 1. The minimum Gasteiger partial charge on any atom is -0.481 e. The first-order valence-electron chi connectivity index (χ1n) is 7.77. The average Bonchev–Trinajstić information content (AvgIpc) is 2.51. The second-order valence-electron chi connectivity index (χ2n) is 5.50. The fourth-order valence-electron chi connectivity index (χ4n) is 2.24. The molecule has 0 aliphatic heterocycles. The number of carboxylic acid groups (broad SMARTS) is 1. The van der Waals surface area contributed by atoms with Crippen molar-refractivity contribution in [1.82, 2.24) is 0 Å². The molecule has 0 bridgehead atoms. The maximum Gasteiger partial charge on any atom is 0.310 e. The molecular weight excluding hydrogens is 314 g/mol. The summed E-state index contributed by atoms with van der Waals surface area (Å²) in [6, 6.07) is 6.68. The fourth-order valence-corrected chi connectivity index (χ4v) is 3.57. The van der Waals surface area contributed by atoms with Crippen LogP contribution in [0.5, 0.6) is 0 Å². The highest BCUT2D eigenvalue weighted by atomic mass is 32.2. The van der Waals surface area contributed by atoms with Crippen molar-refractivity contribution in [2.45, 2.75) is 39.0 Å². The predicted molar refractivity (Wildman–Crippen MR) is 93.3 cm³/mol. The third-order valence-electron chi connectivity index (χ3n) is 3.68. The van der Waals surface area contributed by atoms with E-state index in [2.05, 4.69) is 13.5 Å². The molecule has 0 fully saturated rings. The quantitative estimate of drug-likeness (QED) is 0.524. The van der Waals surface area contributed by atoms with E-state index in [1.165, 1.54) is 10.4 Å². The molecule has 0 saturated heterocycles. The third kappa shape index (κ3) is 5.39. The van der Waals surface area contributed by atoms with Crippen LogP contribution in [-0.4, -0.2) is 31.8 Å². The van der Waals surface area contributed by atoms with Crippen LogP contribution in [0.1, 0.15) is 44.6 Å². The molecule has 1 aromatic carbocycles. The van der Waals surface area contributed by atoms with Crippen LogP contribution in [0.4, 0.5) is 5.69 Å². The summed E-state index contributed by atoms with van der Waals surface area (Å²) in [5, 5.41) is 9.04. The van der Waals surface area contributed by atoms with Gasteiger partial charge in [-0.05, 0) is 31.0 Å². The summed E-state index contributed by atoms with van der Waals surface area (Å²) in [6.45, 7) is 7.58. The van der Waals surface area contributed by atoms with Crippen LogP contribution in [0.25, 0.3) is 0 Å². The lowest BCUT2D eigenvalue weighted by molar-refractivity contribution is -0.138. The van der Waals surface area contributed by atoms with E-state index in [0.29, 0.717) is 17.8 Å². The van der Waals surface area contributed by atoms with Crippen molar-refractivity contribution in [3.05, 3.63) is 42.5 Å². The molecule has 0 spiro atoms. The smallest absolute Gasteiger partial charge is 0.310 e. The van der Waals surface area contributed by atoms with Crippen molar-refractivity contribution in [2.75, 3.05) is 16.6 Å². The molecule has 1 N–H and O–H groups in total. The van der Waals surface area contributed by atoms with E-state index in [4.69, 9.17) is 5.11 Å². The molecule has 23 heavy (non-hydrogen) atoms. The van der Waals surface area contributed by atoms with Gasteiger partial charge in [0.2, 0.25) is 10.0 Å². The maximum atomic E-state index is 12.4. The molecule has 1 rings (SSSR count). The first-order valence-corrected chi connectivity index (χ1v) is 9.38. The van der Waals surface area contributed by atoms with E-state index in [9.17, 15) is 13.2 Å². The fraction of sp³-hybridized carbons (Fsp3) is 0.471. The largest absolute Gasteiger partial charge is 0.481 e. The lowest BCUT2D eigenvalue weighted by Gasteiger charge is -2.24. The Morgan fingerprint density at radius 2 is 1.91 bits per heavy atom. The van der Waals surface area contributed by atoms with Gasteiger partial charge in [0.05, 0.1) is 17.4 Å². The molecule has 0 heterocycles. The van der Waals surface area contributed by atoms with Gasteiger partial charge in [-0.25, -0.2) is 8.42 Å². The van der Waals surface area contributed by atoms with Crippen molar-refractivity contribution in [3.63, 3.8) is 0 Å². The zero-order chi connectivity index (χ0) is 17.5. The molecule has 0 aliphatic rings. The van der Waals surface area contributed by atoms with Crippen LogP contribution in [0, 0.1) is 0 Å². The van der Waals surface area contributed by atoms with E-state index in [1.54, 1.807) is 31.2 Å². The highest BCUT2D eigenvalue weighted by Gasteiger charge is 2.21. The van der Waals surface area contributed by atoms with Crippen molar-refractivity contribution in [2.24, 2.45) is 0 Å².